The van der Waals surface area contributed by atoms with Crippen LogP contribution >= 0.6 is 12.4 Å². The predicted octanol–water partition coefficient (Wildman–Crippen LogP) is 0.552. The first-order chi connectivity index (χ1) is 10.4. The molecule has 0 bridgehead atoms. The minimum absolute atomic E-state index is 0. The van der Waals surface area contributed by atoms with Gasteiger partial charge in [-0.1, -0.05) is 6.07 Å². The number of benzene rings is 1. The molecule has 2 N–H and O–H groups in total. The maximum atomic E-state index is 12.8. The van der Waals surface area contributed by atoms with Crippen molar-refractivity contribution in [1.82, 2.24) is 4.31 Å². The summed E-state index contributed by atoms with van der Waals surface area (Å²) in [5.74, 6) is -0.571. The number of rotatable bonds is 4. The lowest BCUT2D eigenvalue weighted by atomic mass is 10.1. The first-order valence-corrected chi connectivity index (χ1v) is 8.35. The lowest BCUT2D eigenvalue weighted by Gasteiger charge is -2.31. The molecule has 1 aromatic rings. The number of hydrogen-bond donors (Lipinski definition) is 1. The van der Waals surface area contributed by atoms with Gasteiger partial charge in [-0.25, -0.2) is 13.2 Å². The summed E-state index contributed by atoms with van der Waals surface area (Å²) in [6.45, 7) is 2.72. The van der Waals surface area contributed by atoms with E-state index in [1.54, 1.807) is 19.1 Å². The van der Waals surface area contributed by atoms with Gasteiger partial charge < -0.3 is 15.2 Å². The molecule has 0 amide bonds. The second-order valence-electron chi connectivity index (χ2n) is 5.06. The van der Waals surface area contributed by atoms with Gasteiger partial charge in [0.25, 0.3) is 0 Å². The van der Waals surface area contributed by atoms with Crippen LogP contribution in [0.25, 0.3) is 0 Å². The van der Waals surface area contributed by atoms with Gasteiger partial charge >= 0.3 is 5.97 Å². The van der Waals surface area contributed by atoms with Crippen LogP contribution in [0, 0.1) is 6.92 Å². The standard InChI is InChI=1S/C14H20N2O5S.ClH/c1-10-3-4-11(14(17)20-2)7-13(10)22(18,19)16-5-6-21-12(8-15)9-16;/h3-4,7,12H,5-6,8-9,15H2,1-2H3;1H. The molecule has 130 valence electrons. The summed E-state index contributed by atoms with van der Waals surface area (Å²) in [5, 5.41) is 0. The number of morpholine rings is 1. The van der Waals surface area contributed by atoms with Crippen molar-refractivity contribution in [1.29, 1.82) is 0 Å². The highest BCUT2D eigenvalue weighted by Gasteiger charge is 2.31. The number of carbonyl (C=O) groups excluding carboxylic acids is 1. The highest BCUT2D eigenvalue weighted by atomic mass is 35.5. The molecule has 1 saturated heterocycles. The largest absolute Gasteiger partial charge is 0.465 e. The monoisotopic (exact) mass is 364 g/mol. The lowest BCUT2D eigenvalue weighted by Crippen LogP contribution is -2.48. The fraction of sp³-hybridized carbons (Fsp3) is 0.500. The third-order valence-corrected chi connectivity index (χ3v) is 5.60. The molecule has 1 aliphatic heterocycles. The Morgan fingerprint density at radius 2 is 2.17 bits per heavy atom. The number of hydrogen-bond acceptors (Lipinski definition) is 6. The third kappa shape index (κ3) is 4.21. The second-order valence-corrected chi connectivity index (χ2v) is 6.97. The molecule has 9 heteroatoms. The number of carbonyl (C=O) groups is 1. The Kier molecular flexibility index (Phi) is 6.97. The quantitative estimate of drug-likeness (QED) is 0.783. The lowest BCUT2D eigenvalue weighted by molar-refractivity contribution is 0.00449. The average molecular weight is 365 g/mol. The number of esters is 1. The molecular weight excluding hydrogens is 344 g/mol. The van der Waals surface area contributed by atoms with Crippen LogP contribution in [0.5, 0.6) is 0 Å². The maximum absolute atomic E-state index is 12.8. The molecule has 0 spiro atoms. The average Bonchev–Trinajstić information content (AvgIpc) is 2.54. The Morgan fingerprint density at radius 1 is 1.48 bits per heavy atom. The summed E-state index contributed by atoms with van der Waals surface area (Å²) in [6, 6.07) is 4.49. The van der Waals surface area contributed by atoms with Crippen LogP contribution in [0.4, 0.5) is 0 Å². The Morgan fingerprint density at radius 3 is 2.78 bits per heavy atom. The molecule has 1 aromatic carbocycles. The van der Waals surface area contributed by atoms with Crippen LogP contribution in [0.1, 0.15) is 15.9 Å². The fourth-order valence-electron chi connectivity index (χ4n) is 2.32. The molecule has 0 aliphatic carbocycles. The topological polar surface area (TPSA) is 98.9 Å². The summed E-state index contributed by atoms with van der Waals surface area (Å²) >= 11 is 0. The Bertz CT molecular complexity index is 665. The van der Waals surface area contributed by atoms with E-state index in [0.29, 0.717) is 12.2 Å². The van der Waals surface area contributed by atoms with Gasteiger partial charge in [0, 0.05) is 19.6 Å². The summed E-state index contributed by atoms with van der Waals surface area (Å²) in [6.07, 6.45) is -0.312. The van der Waals surface area contributed by atoms with E-state index in [-0.39, 0.29) is 48.6 Å². The van der Waals surface area contributed by atoms with Crippen molar-refractivity contribution in [2.75, 3.05) is 33.4 Å². The summed E-state index contributed by atoms with van der Waals surface area (Å²) in [5.41, 5.74) is 6.33. The number of aryl methyl sites for hydroxylation is 1. The van der Waals surface area contributed by atoms with Gasteiger partial charge in [0.15, 0.2) is 0 Å². The van der Waals surface area contributed by atoms with Crippen LogP contribution in [0.2, 0.25) is 0 Å². The zero-order valence-electron chi connectivity index (χ0n) is 13.0. The molecule has 7 nitrogen and oxygen atoms in total. The van der Waals surface area contributed by atoms with Gasteiger partial charge in [-0.15, -0.1) is 12.4 Å². The number of nitrogens with zero attached hydrogens (tertiary/aromatic N) is 1. The Labute approximate surface area is 142 Å². The normalized spacial score (nSPS) is 19.0. The fourth-order valence-corrected chi connectivity index (χ4v) is 4.02. The predicted molar refractivity (Wildman–Crippen MR) is 87.3 cm³/mol. The van der Waals surface area contributed by atoms with Gasteiger partial charge in [-0.05, 0) is 24.6 Å². The summed E-state index contributed by atoms with van der Waals surface area (Å²) in [4.78, 5) is 11.7. The number of nitrogens with two attached hydrogens (primary N) is 1. The highest BCUT2D eigenvalue weighted by Crippen LogP contribution is 2.23. The van der Waals surface area contributed by atoms with Crippen molar-refractivity contribution < 1.29 is 22.7 Å². The van der Waals surface area contributed by atoms with Crippen molar-refractivity contribution in [2.24, 2.45) is 5.73 Å². The molecule has 2 rings (SSSR count). The maximum Gasteiger partial charge on any atom is 0.337 e. The van der Waals surface area contributed by atoms with Crippen LogP contribution < -0.4 is 5.73 Å². The molecule has 0 saturated carbocycles. The minimum Gasteiger partial charge on any atom is -0.465 e. The molecule has 0 radical (unpaired) electrons. The van der Waals surface area contributed by atoms with Crippen LogP contribution in [0.15, 0.2) is 23.1 Å². The van der Waals surface area contributed by atoms with E-state index in [1.807, 2.05) is 0 Å². The number of halogens is 1. The van der Waals surface area contributed by atoms with Crippen molar-refractivity contribution in [3.8, 4) is 0 Å². The molecule has 1 heterocycles. The molecule has 0 aromatic heterocycles. The van der Waals surface area contributed by atoms with E-state index < -0.39 is 16.0 Å². The summed E-state index contributed by atoms with van der Waals surface area (Å²) in [7, 11) is -2.46. The van der Waals surface area contributed by atoms with Gasteiger partial charge in [0.05, 0.1) is 30.3 Å². The highest BCUT2D eigenvalue weighted by molar-refractivity contribution is 7.89. The van der Waals surface area contributed by atoms with E-state index in [2.05, 4.69) is 4.74 Å². The molecule has 1 atom stereocenters. The molecule has 23 heavy (non-hydrogen) atoms. The van der Waals surface area contributed by atoms with Crippen molar-refractivity contribution >= 4 is 28.4 Å². The SMILES string of the molecule is COC(=O)c1ccc(C)c(S(=O)(=O)N2CCOC(CN)C2)c1.Cl. The van der Waals surface area contributed by atoms with E-state index >= 15 is 0 Å². The van der Waals surface area contributed by atoms with E-state index in [4.69, 9.17) is 10.5 Å². The van der Waals surface area contributed by atoms with Gasteiger partial charge in [0.2, 0.25) is 10.0 Å². The molecule has 1 fully saturated rings. The van der Waals surface area contributed by atoms with Crippen LogP contribution in [-0.2, 0) is 19.5 Å². The van der Waals surface area contributed by atoms with Gasteiger partial charge in [-0.2, -0.15) is 4.31 Å². The third-order valence-electron chi connectivity index (χ3n) is 3.59. The first kappa shape index (κ1) is 19.9. The number of sulfonamides is 1. The van der Waals surface area contributed by atoms with Crippen LogP contribution in [0.3, 0.4) is 0 Å². The van der Waals surface area contributed by atoms with Gasteiger partial charge in [0.1, 0.15) is 0 Å². The van der Waals surface area contributed by atoms with Crippen molar-refractivity contribution in [3.05, 3.63) is 29.3 Å². The molecule has 1 unspecified atom stereocenters. The smallest absolute Gasteiger partial charge is 0.337 e. The summed E-state index contributed by atoms with van der Waals surface area (Å²) < 4.78 is 37.0. The molecule has 1 aliphatic rings. The Balaban J connectivity index is 0.00000264. The second kappa shape index (κ2) is 8.07. The molecular formula is C14H21ClN2O5S. The first-order valence-electron chi connectivity index (χ1n) is 6.91. The van der Waals surface area contributed by atoms with Crippen molar-refractivity contribution in [3.63, 3.8) is 0 Å². The van der Waals surface area contributed by atoms with Crippen LogP contribution in [-0.4, -0.2) is 58.1 Å². The van der Waals surface area contributed by atoms with Crippen molar-refractivity contribution in [2.45, 2.75) is 17.9 Å². The van der Waals surface area contributed by atoms with Gasteiger partial charge in [-0.3, -0.25) is 0 Å². The van der Waals surface area contributed by atoms with E-state index in [1.165, 1.54) is 17.5 Å². The zero-order valence-corrected chi connectivity index (χ0v) is 14.7. The number of methoxy groups -OCH3 is 1. The number of ether oxygens (including phenoxy) is 2. The minimum atomic E-state index is -3.71. The van der Waals surface area contributed by atoms with E-state index in [0.717, 1.165) is 0 Å². The zero-order chi connectivity index (χ0) is 16.3. The Hall–Kier alpha value is -1.19. The van der Waals surface area contributed by atoms with E-state index in [9.17, 15) is 13.2 Å².